The molecule has 1 saturated heterocycles. The van der Waals surface area contributed by atoms with Gasteiger partial charge in [0.25, 0.3) is 0 Å². The number of nitrogens with zero attached hydrogens (tertiary/aromatic N) is 1. The van der Waals surface area contributed by atoms with Gasteiger partial charge in [0, 0.05) is 5.41 Å². The third kappa shape index (κ3) is 9.92. The largest absolute Gasteiger partial charge is 0.464 e. The second kappa shape index (κ2) is 10.7. The normalized spacial score (nSPS) is 16.8. The molecule has 0 aliphatic carbocycles. The van der Waals surface area contributed by atoms with Gasteiger partial charge in [0.05, 0.1) is 13.2 Å². The summed E-state index contributed by atoms with van der Waals surface area (Å²) < 4.78 is 5.54. The molecule has 3 heteroatoms. The van der Waals surface area contributed by atoms with Crippen molar-refractivity contribution in [1.82, 2.24) is 4.90 Å². The molecular weight excluding hydrogens is 298 g/mol. The summed E-state index contributed by atoms with van der Waals surface area (Å²) in [7, 11) is 0. The maximum absolute atomic E-state index is 12.0. The average molecular weight is 336 g/mol. The predicted octanol–water partition coefficient (Wildman–Crippen LogP) is 5.12. The molecule has 0 radical (unpaired) electrons. The Balaban J connectivity index is 2.28. The summed E-state index contributed by atoms with van der Waals surface area (Å²) in [4.78, 5) is 14.2. The third-order valence-electron chi connectivity index (χ3n) is 4.52. The zero-order valence-electron chi connectivity index (χ0n) is 16.5. The zero-order chi connectivity index (χ0) is 18.0. The number of allylic oxidation sites excluding steroid dienone is 4. The average Bonchev–Trinajstić information content (AvgIpc) is 2.52. The van der Waals surface area contributed by atoms with Crippen LogP contribution in [0.4, 0.5) is 0 Å². The lowest BCUT2D eigenvalue weighted by Crippen LogP contribution is -2.36. The molecule has 24 heavy (non-hydrogen) atoms. The first-order chi connectivity index (χ1) is 11.3. The maximum atomic E-state index is 12.0. The summed E-state index contributed by atoms with van der Waals surface area (Å²) in [5.74, 6) is -0.0748. The Bertz CT molecular complexity index is 439. The van der Waals surface area contributed by atoms with E-state index in [1.54, 1.807) is 0 Å². The topological polar surface area (TPSA) is 29.5 Å². The van der Waals surface area contributed by atoms with Crippen molar-refractivity contribution in [3.63, 3.8) is 0 Å². The van der Waals surface area contributed by atoms with Gasteiger partial charge in [-0.2, -0.15) is 0 Å². The van der Waals surface area contributed by atoms with Crippen LogP contribution in [-0.2, 0) is 9.53 Å². The minimum atomic E-state index is -0.0748. The zero-order valence-corrected chi connectivity index (χ0v) is 16.5. The van der Waals surface area contributed by atoms with E-state index in [4.69, 9.17) is 4.74 Å². The Hall–Kier alpha value is -1.09. The third-order valence-corrected chi connectivity index (χ3v) is 4.52. The molecule has 0 unspecified atom stereocenters. The van der Waals surface area contributed by atoms with Crippen LogP contribution in [0.5, 0.6) is 0 Å². The van der Waals surface area contributed by atoms with Crippen LogP contribution in [0.1, 0.15) is 73.1 Å². The van der Waals surface area contributed by atoms with E-state index in [1.807, 2.05) is 0 Å². The van der Waals surface area contributed by atoms with Crippen molar-refractivity contribution in [3.05, 3.63) is 23.3 Å². The molecule has 1 aliphatic rings. The minimum absolute atomic E-state index is 0.00463. The van der Waals surface area contributed by atoms with Gasteiger partial charge in [0.15, 0.2) is 0 Å². The fraction of sp³-hybridized carbons (Fsp3) is 0.762. The molecule has 0 N–H and O–H groups in total. The lowest BCUT2D eigenvalue weighted by molar-refractivity contribution is -0.148. The van der Waals surface area contributed by atoms with Gasteiger partial charge in [-0.25, -0.2) is 0 Å². The summed E-state index contributed by atoms with van der Waals surface area (Å²) in [5.41, 5.74) is 2.79. The van der Waals surface area contributed by atoms with Crippen molar-refractivity contribution >= 4 is 5.97 Å². The highest BCUT2D eigenvalue weighted by atomic mass is 16.5. The molecule has 0 aromatic carbocycles. The van der Waals surface area contributed by atoms with Gasteiger partial charge in [-0.3, -0.25) is 9.69 Å². The molecule has 0 aromatic heterocycles. The molecule has 0 spiro atoms. The lowest BCUT2D eigenvalue weighted by Gasteiger charge is -2.27. The van der Waals surface area contributed by atoms with Crippen LogP contribution in [-0.4, -0.2) is 37.1 Å². The van der Waals surface area contributed by atoms with Gasteiger partial charge < -0.3 is 4.74 Å². The number of carbonyl (C=O) groups is 1. The molecule has 1 heterocycles. The number of piperidine rings is 1. The molecule has 1 rings (SSSR count). The minimum Gasteiger partial charge on any atom is -0.464 e. The quantitative estimate of drug-likeness (QED) is 0.432. The van der Waals surface area contributed by atoms with Gasteiger partial charge in [0.1, 0.15) is 0 Å². The first-order valence-corrected chi connectivity index (χ1v) is 9.45. The van der Waals surface area contributed by atoms with Crippen molar-refractivity contribution in [3.8, 4) is 0 Å². The highest BCUT2D eigenvalue weighted by Gasteiger charge is 2.21. The number of ether oxygens (including phenoxy) is 1. The van der Waals surface area contributed by atoms with Crippen molar-refractivity contribution in [2.24, 2.45) is 5.41 Å². The Morgan fingerprint density at radius 2 is 1.75 bits per heavy atom. The number of carbonyl (C=O) groups excluding carboxylic acids is 1. The standard InChI is InChI=1S/C21H37NO2/c1-18(2)10-9-11-19(3)12-13-21(4,5)17-24-20(23)16-22-14-7-6-8-15-22/h10,12H,6-9,11,13-17H2,1-5H3/b19-12+. The monoisotopic (exact) mass is 335 g/mol. The molecule has 1 aliphatic heterocycles. The molecule has 0 bridgehead atoms. The lowest BCUT2D eigenvalue weighted by atomic mass is 9.89. The molecule has 138 valence electrons. The van der Waals surface area contributed by atoms with Crippen LogP contribution in [0.15, 0.2) is 23.3 Å². The summed E-state index contributed by atoms with van der Waals surface area (Å²) in [5, 5.41) is 0. The Morgan fingerprint density at radius 1 is 1.08 bits per heavy atom. The van der Waals surface area contributed by atoms with Crippen LogP contribution in [0.3, 0.4) is 0 Å². The Morgan fingerprint density at radius 3 is 2.38 bits per heavy atom. The number of hydrogen-bond acceptors (Lipinski definition) is 3. The van der Waals surface area contributed by atoms with E-state index in [0.717, 1.165) is 32.4 Å². The highest BCUT2D eigenvalue weighted by Crippen LogP contribution is 2.23. The van der Waals surface area contributed by atoms with Gasteiger partial charge in [-0.15, -0.1) is 0 Å². The van der Waals surface area contributed by atoms with Crippen LogP contribution in [0.25, 0.3) is 0 Å². The summed E-state index contributed by atoms with van der Waals surface area (Å²) >= 11 is 0. The highest BCUT2D eigenvalue weighted by molar-refractivity contribution is 5.71. The fourth-order valence-corrected chi connectivity index (χ4v) is 2.82. The second-order valence-electron chi connectivity index (χ2n) is 8.24. The molecule has 0 atom stereocenters. The number of rotatable bonds is 9. The van der Waals surface area contributed by atoms with Crippen molar-refractivity contribution < 1.29 is 9.53 Å². The van der Waals surface area contributed by atoms with Crippen LogP contribution >= 0.6 is 0 Å². The van der Waals surface area contributed by atoms with Crippen LogP contribution < -0.4 is 0 Å². The van der Waals surface area contributed by atoms with Gasteiger partial charge in [-0.05, 0) is 66.0 Å². The second-order valence-corrected chi connectivity index (χ2v) is 8.24. The first kappa shape index (κ1) is 21.0. The maximum Gasteiger partial charge on any atom is 0.320 e. The Kier molecular flexibility index (Phi) is 9.35. The van der Waals surface area contributed by atoms with Crippen molar-refractivity contribution in [1.29, 1.82) is 0 Å². The summed E-state index contributed by atoms with van der Waals surface area (Å²) in [6.07, 6.45) is 11.4. The molecular formula is C21H37NO2. The van der Waals surface area contributed by atoms with Gasteiger partial charge in [0.2, 0.25) is 0 Å². The molecule has 0 amide bonds. The van der Waals surface area contributed by atoms with Crippen molar-refractivity contribution in [2.45, 2.75) is 73.1 Å². The van der Waals surface area contributed by atoms with E-state index >= 15 is 0 Å². The molecule has 0 saturated carbocycles. The molecule has 1 fully saturated rings. The van der Waals surface area contributed by atoms with E-state index in [0.29, 0.717) is 13.2 Å². The predicted molar refractivity (Wildman–Crippen MR) is 102 cm³/mol. The van der Waals surface area contributed by atoms with E-state index in [9.17, 15) is 4.79 Å². The number of esters is 1. The number of likely N-dealkylation sites (tertiary alicyclic amines) is 1. The van der Waals surface area contributed by atoms with Crippen LogP contribution in [0, 0.1) is 5.41 Å². The van der Waals surface area contributed by atoms with Gasteiger partial charge in [-0.1, -0.05) is 43.6 Å². The number of hydrogen-bond donors (Lipinski definition) is 0. The SMILES string of the molecule is CC(C)=CCC/C(C)=C/CC(C)(C)COC(=O)CN1CCCCC1. The molecule has 0 aromatic rings. The molecule has 3 nitrogen and oxygen atoms in total. The summed E-state index contributed by atoms with van der Waals surface area (Å²) in [6.45, 7) is 13.8. The van der Waals surface area contributed by atoms with Gasteiger partial charge >= 0.3 is 5.97 Å². The van der Waals surface area contributed by atoms with E-state index in [1.165, 1.54) is 30.4 Å². The van der Waals surface area contributed by atoms with Crippen molar-refractivity contribution in [2.75, 3.05) is 26.2 Å². The Labute approximate surface area is 149 Å². The fourth-order valence-electron chi connectivity index (χ4n) is 2.82. The van der Waals surface area contributed by atoms with E-state index in [2.05, 4.69) is 51.7 Å². The van der Waals surface area contributed by atoms with E-state index < -0.39 is 0 Å². The summed E-state index contributed by atoms with van der Waals surface area (Å²) in [6, 6.07) is 0. The van der Waals surface area contributed by atoms with Crippen LogP contribution in [0.2, 0.25) is 0 Å². The first-order valence-electron chi connectivity index (χ1n) is 9.45. The smallest absolute Gasteiger partial charge is 0.320 e. The van der Waals surface area contributed by atoms with E-state index in [-0.39, 0.29) is 11.4 Å².